The third kappa shape index (κ3) is 5.35. The van der Waals surface area contributed by atoms with Gasteiger partial charge in [-0.25, -0.2) is 0 Å². The van der Waals surface area contributed by atoms with Crippen LogP contribution in [0.2, 0.25) is 5.02 Å². The molecule has 0 saturated heterocycles. The molecule has 0 aliphatic carbocycles. The van der Waals surface area contributed by atoms with Crippen molar-refractivity contribution in [2.75, 3.05) is 7.05 Å². The van der Waals surface area contributed by atoms with Crippen molar-refractivity contribution in [1.29, 1.82) is 0 Å². The molecule has 0 atom stereocenters. The first kappa shape index (κ1) is 16.3. The van der Waals surface area contributed by atoms with Crippen LogP contribution in [0.25, 0.3) is 0 Å². The molecule has 114 valence electrons. The zero-order valence-electron chi connectivity index (χ0n) is 12.0. The molecule has 2 aromatic rings. The summed E-state index contributed by atoms with van der Waals surface area (Å²) >= 11 is 10.9. The highest BCUT2D eigenvalue weighted by Crippen LogP contribution is 2.15. The Hall–Kier alpha value is -2.11. The van der Waals surface area contributed by atoms with Crippen molar-refractivity contribution in [3.63, 3.8) is 0 Å². The smallest absolute Gasteiger partial charge is 0.186 e. The van der Waals surface area contributed by atoms with Crippen LogP contribution in [0.4, 0.5) is 0 Å². The number of hydrazone groups is 1. The van der Waals surface area contributed by atoms with Gasteiger partial charge in [0, 0.05) is 12.1 Å². The molecule has 0 bridgehead atoms. The van der Waals surface area contributed by atoms with Crippen LogP contribution in [0.3, 0.4) is 0 Å². The second-order valence-electron chi connectivity index (χ2n) is 4.44. The van der Waals surface area contributed by atoms with Crippen molar-refractivity contribution in [2.24, 2.45) is 5.10 Å². The Morgan fingerprint density at radius 1 is 1.27 bits per heavy atom. The lowest BCUT2D eigenvalue weighted by atomic mass is 10.2. The predicted octanol–water partition coefficient (Wildman–Crippen LogP) is 3.35. The Balaban J connectivity index is 1.87. The van der Waals surface area contributed by atoms with Gasteiger partial charge in [-0.1, -0.05) is 23.7 Å². The van der Waals surface area contributed by atoms with Crippen LogP contribution < -0.4 is 15.5 Å². The van der Waals surface area contributed by atoms with E-state index in [0.29, 0.717) is 16.7 Å². The first-order valence-corrected chi connectivity index (χ1v) is 7.44. The first-order chi connectivity index (χ1) is 10.7. The SMILES string of the molecule is CNC(=S)NN=Cc1ccc(OCc2cccc(Cl)c2)cc1. The van der Waals surface area contributed by atoms with Gasteiger partial charge in [-0.05, 0) is 59.7 Å². The van der Waals surface area contributed by atoms with E-state index in [-0.39, 0.29) is 0 Å². The Kier molecular flexibility index (Phi) is 6.18. The van der Waals surface area contributed by atoms with Gasteiger partial charge in [0.25, 0.3) is 0 Å². The molecule has 0 radical (unpaired) electrons. The monoisotopic (exact) mass is 333 g/mol. The van der Waals surface area contributed by atoms with E-state index in [1.165, 1.54) is 0 Å². The number of hydrogen-bond donors (Lipinski definition) is 2. The Labute approximate surface area is 140 Å². The number of nitrogens with one attached hydrogen (secondary N) is 2. The van der Waals surface area contributed by atoms with Crippen LogP contribution in [-0.2, 0) is 6.61 Å². The zero-order valence-corrected chi connectivity index (χ0v) is 13.6. The molecule has 0 amide bonds. The van der Waals surface area contributed by atoms with Crippen molar-refractivity contribution in [3.8, 4) is 5.75 Å². The molecule has 0 aliphatic heterocycles. The Morgan fingerprint density at radius 2 is 2.05 bits per heavy atom. The maximum absolute atomic E-state index is 5.94. The van der Waals surface area contributed by atoms with Gasteiger partial charge in [-0.15, -0.1) is 0 Å². The van der Waals surface area contributed by atoms with E-state index >= 15 is 0 Å². The molecular formula is C16H16ClN3OS. The number of benzene rings is 2. The second kappa shape index (κ2) is 8.36. The van der Waals surface area contributed by atoms with Crippen molar-refractivity contribution in [1.82, 2.24) is 10.7 Å². The van der Waals surface area contributed by atoms with E-state index in [9.17, 15) is 0 Å². The van der Waals surface area contributed by atoms with Gasteiger partial charge >= 0.3 is 0 Å². The summed E-state index contributed by atoms with van der Waals surface area (Å²) in [6.07, 6.45) is 1.68. The van der Waals surface area contributed by atoms with Crippen molar-refractivity contribution >= 4 is 35.1 Å². The lowest BCUT2D eigenvalue weighted by Crippen LogP contribution is -2.28. The molecule has 0 saturated carbocycles. The highest BCUT2D eigenvalue weighted by atomic mass is 35.5. The maximum atomic E-state index is 5.94. The average Bonchev–Trinajstić information content (AvgIpc) is 2.54. The summed E-state index contributed by atoms with van der Waals surface area (Å²) in [7, 11) is 1.73. The molecule has 0 unspecified atom stereocenters. The molecule has 22 heavy (non-hydrogen) atoms. The Morgan fingerprint density at radius 3 is 2.73 bits per heavy atom. The van der Waals surface area contributed by atoms with Gasteiger partial charge in [0.2, 0.25) is 0 Å². The fourth-order valence-electron chi connectivity index (χ4n) is 1.66. The molecule has 2 N–H and O–H groups in total. The summed E-state index contributed by atoms with van der Waals surface area (Å²) in [4.78, 5) is 0. The van der Waals surface area contributed by atoms with Crippen LogP contribution in [-0.4, -0.2) is 18.4 Å². The minimum absolute atomic E-state index is 0.470. The van der Waals surface area contributed by atoms with E-state index in [1.54, 1.807) is 13.3 Å². The molecule has 6 heteroatoms. The van der Waals surface area contributed by atoms with Crippen LogP contribution in [0.5, 0.6) is 5.75 Å². The highest BCUT2D eigenvalue weighted by Gasteiger charge is 1.97. The summed E-state index contributed by atoms with van der Waals surface area (Å²) in [6.45, 7) is 0.478. The lowest BCUT2D eigenvalue weighted by Gasteiger charge is -2.07. The normalized spacial score (nSPS) is 10.5. The van der Waals surface area contributed by atoms with Gasteiger partial charge in [0.05, 0.1) is 6.21 Å². The lowest BCUT2D eigenvalue weighted by molar-refractivity contribution is 0.306. The molecule has 0 fully saturated rings. The van der Waals surface area contributed by atoms with Crippen LogP contribution >= 0.6 is 23.8 Å². The number of rotatable bonds is 5. The van der Waals surface area contributed by atoms with Crippen LogP contribution in [0.1, 0.15) is 11.1 Å². The number of halogens is 1. The van der Waals surface area contributed by atoms with Crippen LogP contribution in [0, 0.1) is 0 Å². The standard InChI is InChI=1S/C16H16ClN3OS/c1-18-16(22)20-19-10-12-5-7-15(8-6-12)21-11-13-3-2-4-14(17)9-13/h2-10H,11H2,1H3,(H2,18,20,22). The van der Waals surface area contributed by atoms with E-state index in [4.69, 9.17) is 28.6 Å². The van der Waals surface area contributed by atoms with E-state index in [1.807, 2.05) is 48.5 Å². The van der Waals surface area contributed by atoms with Crippen LogP contribution in [0.15, 0.2) is 53.6 Å². The molecular weight excluding hydrogens is 318 g/mol. The van der Waals surface area contributed by atoms with Gasteiger partial charge in [0.15, 0.2) is 5.11 Å². The average molecular weight is 334 g/mol. The first-order valence-electron chi connectivity index (χ1n) is 6.65. The maximum Gasteiger partial charge on any atom is 0.186 e. The van der Waals surface area contributed by atoms with Crippen molar-refractivity contribution < 1.29 is 4.74 Å². The largest absolute Gasteiger partial charge is 0.489 e. The van der Waals surface area contributed by atoms with E-state index in [2.05, 4.69) is 15.8 Å². The van der Waals surface area contributed by atoms with E-state index < -0.39 is 0 Å². The number of hydrogen-bond acceptors (Lipinski definition) is 3. The highest BCUT2D eigenvalue weighted by molar-refractivity contribution is 7.80. The summed E-state index contributed by atoms with van der Waals surface area (Å²) in [5, 5.41) is 7.96. The zero-order chi connectivity index (χ0) is 15.8. The quantitative estimate of drug-likeness (QED) is 0.500. The summed E-state index contributed by atoms with van der Waals surface area (Å²) in [5.41, 5.74) is 4.67. The summed E-state index contributed by atoms with van der Waals surface area (Å²) in [5.74, 6) is 0.788. The molecule has 0 heterocycles. The molecule has 0 aromatic heterocycles. The fourth-order valence-corrected chi connectivity index (χ4v) is 1.93. The van der Waals surface area contributed by atoms with Crippen molar-refractivity contribution in [3.05, 3.63) is 64.7 Å². The Bertz CT molecular complexity index is 659. The van der Waals surface area contributed by atoms with E-state index in [0.717, 1.165) is 16.9 Å². The molecule has 2 rings (SSSR count). The number of ether oxygens (including phenoxy) is 1. The fraction of sp³-hybridized carbons (Fsp3) is 0.125. The van der Waals surface area contributed by atoms with Gasteiger partial charge in [-0.3, -0.25) is 5.43 Å². The van der Waals surface area contributed by atoms with Gasteiger partial charge < -0.3 is 10.1 Å². The predicted molar refractivity (Wildman–Crippen MR) is 94.6 cm³/mol. The van der Waals surface area contributed by atoms with Gasteiger partial charge in [0.1, 0.15) is 12.4 Å². The molecule has 0 spiro atoms. The summed E-state index contributed by atoms with van der Waals surface area (Å²) < 4.78 is 5.71. The third-order valence-corrected chi connectivity index (χ3v) is 3.31. The minimum Gasteiger partial charge on any atom is -0.489 e. The minimum atomic E-state index is 0.470. The molecule has 4 nitrogen and oxygen atoms in total. The third-order valence-electron chi connectivity index (χ3n) is 2.78. The number of thiocarbonyl (C=S) groups is 1. The summed E-state index contributed by atoms with van der Waals surface area (Å²) in [6, 6.07) is 15.2. The molecule has 0 aliphatic rings. The number of nitrogens with zero attached hydrogens (tertiary/aromatic N) is 1. The topological polar surface area (TPSA) is 45.7 Å². The van der Waals surface area contributed by atoms with Crippen molar-refractivity contribution in [2.45, 2.75) is 6.61 Å². The second-order valence-corrected chi connectivity index (χ2v) is 5.28. The molecule has 2 aromatic carbocycles. The van der Waals surface area contributed by atoms with Gasteiger partial charge in [-0.2, -0.15) is 5.10 Å².